The van der Waals surface area contributed by atoms with E-state index in [4.69, 9.17) is 5.11 Å². The minimum atomic E-state index is -0.482. The summed E-state index contributed by atoms with van der Waals surface area (Å²) in [5.41, 5.74) is 0.955. The lowest BCUT2D eigenvalue weighted by Gasteiger charge is -2.03. The molecule has 0 saturated carbocycles. The van der Waals surface area contributed by atoms with Crippen molar-refractivity contribution in [2.45, 2.75) is 13.3 Å². The van der Waals surface area contributed by atoms with Crippen LogP contribution in [0.4, 0.5) is 9.39 Å². The molecule has 0 aliphatic carbocycles. The molecule has 0 spiro atoms. The molecule has 0 aliphatic rings. The zero-order valence-corrected chi connectivity index (χ0v) is 13.4. The van der Waals surface area contributed by atoms with Crippen LogP contribution < -0.4 is 10.6 Å². The second-order valence-electron chi connectivity index (χ2n) is 4.92. The van der Waals surface area contributed by atoms with Crippen LogP contribution in [-0.4, -0.2) is 30.1 Å². The number of rotatable bonds is 6. The number of hydrogen-bond donors (Lipinski definition) is 3. The number of benzene rings is 1. The summed E-state index contributed by atoms with van der Waals surface area (Å²) in [4.78, 5) is 24.6. The summed E-state index contributed by atoms with van der Waals surface area (Å²) in [5.74, 6) is -1.16. The summed E-state index contributed by atoms with van der Waals surface area (Å²) in [6.07, 6.45) is 0.485. The van der Waals surface area contributed by atoms with Crippen LogP contribution in [0.3, 0.4) is 0 Å². The summed E-state index contributed by atoms with van der Waals surface area (Å²) in [6.45, 7) is 2.17. The van der Waals surface area contributed by atoms with Crippen molar-refractivity contribution >= 4 is 28.2 Å². The Morgan fingerprint density at radius 3 is 2.74 bits per heavy atom. The van der Waals surface area contributed by atoms with Crippen LogP contribution in [0, 0.1) is 12.7 Å². The third-order valence-electron chi connectivity index (χ3n) is 3.07. The molecule has 0 unspecified atom stereocenters. The molecule has 5 nitrogen and oxygen atoms in total. The molecule has 1 heterocycles. The number of amides is 2. The maximum atomic E-state index is 13.1. The molecule has 1 aromatic carbocycles. The molecule has 0 bridgehead atoms. The zero-order chi connectivity index (χ0) is 16.8. The van der Waals surface area contributed by atoms with Gasteiger partial charge in [-0.3, -0.25) is 9.59 Å². The molecule has 2 rings (SSSR count). The highest BCUT2D eigenvalue weighted by Crippen LogP contribution is 2.27. The van der Waals surface area contributed by atoms with E-state index in [1.807, 2.05) is 0 Å². The summed E-state index contributed by atoms with van der Waals surface area (Å²) in [5, 5.41) is 14.6. The van der Waals surface area contributed by atoms with Crippen molar-refractivity contribution in [3.05, 3.63) is 52.2 Å². The van der Waals surface area contributed by atoms with Crippen LogP contribution in [0.15, 0.2) is 30.3 Å². The van der Waals surface area contributed by atoms with Gasteiger partial charge < -0.3 is 15.7 Å². The van der Waals surface area contributed by atoms with Gasteiger partial charge in [-0.2, -0.15) is 0 Å². The number of halogens is 1. The summed E-state index contributed by atoms with van der Waals surface area (Å²) < 4.78 is 13.1. The lowest BCUT2D eigenvalue weighted by Crippen LogP contribution is -2.24. The fraction of sp³-hybridized carbons (Fsp3) is 0.250. The number of nitrogens with one attached hydrogen (secondary N) is 2. The molecule has 7 heteroatoms. The van der Waals surface area contributed by atoms with Gasteiger partial charge in [0.15, 0.2) is 0 Å². The van der Waals surface area contributed by atoms with Crippen LogP contribution in [0.25, 0.3) is 0 Å². The first-order valence-electron chi connectivity index (χ1n) is 7.07. The summed E-state index contributed by atoms with van der Waals surface area (Å²) in [7, 11) is 0. The lowest BCUT2D eigenvalue weighted by atomic mass is 10.2. The number of carbonyl (C=O) groups excluding carboxylic acids is 2. The van der Waals surface area contributed by atoms with Gasteiger partial charge in [-0.05, 0) is 43.2 Å². The van der Waals surface area contributed by atoms with Gasteiger partial charge in [0.05, 0.1) is 9.88 Å². The van der Waals surface area contributed by atoms with E-state index in [0.29, 0.717) is 22.8 Å². The highest BCUT2D eigenvalue weighted by atomic mass is 32.1. The van der Waals surface area contributed by atoms with Crippen molar-refractivity contribution in [3.8, 4) is 0 Å². The van der Waals surface area contributed by atoms with E-state index in [1.165, 1.54) is 18.2 Å². The maximum absolute atomic E-state index is 13.1. The van der Waals surface area contributed by atoms with Crippen LogP contribution in [0.5, 0.6) is 0 Å². The minimum Gasteiger partial charge on any atom is -0.396 e. The molecular formula is C16H17FN2O3S. The monoisotopic (exact) mass is 336 g/mol. The Labute approximate surface area is 137 Å². The smallest absolute Gasteiger partial charge is 0.261 e. The molecule has 2 aromatic rings. The Hall–Kier alpha value is -2.25. The van der Waals surface area contributed by atoms with Gasteiger partial charge in [-0.1, -0.05) is 6.07 Å². The number of aryl methyl sites for hydroxylation is 1. The molecule has 2 amide bonds. The van der Waals surface area contributed by atoms with Gasteiger partial charge >= 0.3 is 0 Å². The van der Waals surface area contributed by atoms with E-state index in [9.17, 15) is 14.0 Å². The minimum absolute atomic E-state index is 0.0125. The normalized spacial score (nSPS) is 10.4. The number of thiophene rings is 1. The van der Waals surface area contributed by atoms with E-state index in [-0.39, 0.29) is 18.1 Å². The van der Waals surface area contributed by atoms with E-state index in [0.717, 1.165) is 23.0 Å². The first-order valence-corrected chi connectivity index (χ1v) is 7.89. The summed E-state index contributed by atoms with van der Waals surface area (Å²) in [6, 6.07) is 7.09. The van der Waals surface area contributed by atoms with Gasteiger partial charge in [0, 0.05) is 18.7 Å². The molecule has 0 atom stereocenters. The van der Waals surface area contributed by atoms with Crippen molar-refractivity contribution in [1.29, 1.82) is 0 Å². The number of carbonyl (C=O) groups is 2. The number of aliphatic hydroxyl groups is 1. The molecule has 0 aliphatic heterocycles. The van der Waals surface area contributed by atoms with Gasteiger partial charge in [0.25, 0.3) is 11.8 Å². The van der Waals surface area contributed by atoms with Gasteiger partial charge in [-0.25, -0.2) is 4.39 Å². The first-order chi connectivity index (χ1) is 11.0. The predicted molar refractivity (Wildman–Crippen MR) is 87.4 cm³/mol. The Kier molecular flexibility index (Phi) is 5.84. The van der Waals surface area contributed by atoms with Crippen LogP contribution in [0.1, 0.15) is 32.0 Å². The number of hydrogen-bond acceptors (Lipinski definition) is 4. The van der Waals surface area contributed by atoms with Gasteiger partial charge in [0.2, 0.25) is 0 Å². The Bertz CT molecular complexity index is 715. The number of anilines is 1. The Morgan fingerprint density at radius 1 is 1.26 bits per heavy atom. The van der Waals surface area contributed by atoms with Crippen LogP contribution in [-0.2, 0) is 0 Å². The molecule has 0 radical (unpaired) electrons. The maximum Gasteiger partial charge on any atom is 0.261 e. The van der Waals surface area contributed by atoms with Crippen molar-refractivity contribution in [2.24, 2.45) is 0 Å². The van der Waals surface area contributed by atoms with Crippen molar-refractivity contribution in [1.82, 2.24) is 5.32 Å². The van der Waals surface area contributed by atoms with E-state index in [2.05, 4.69) is 10.6 Å². The molecule has 0 saturated heterocycles. The van der Waals surface area contributed by atoms with E-state index in [1.54, 1.807) is 13.0 Å². The lowest BCUT2D eigenvalue weighted by molar-refractivity contribution is 0.0953. The standard InChI is InChI=1S/C16H17FN2O3S/c1-10-8-13(23-14(10)16(22)18-6-3-7-20)19-15(21)11-4-2-5-12(17)9-11/h2,4-5,8-9,20H,3,6-7H2,1H3,(H,18,22)(H,19,21). The molecule has 122 valence electrons. The second-order valence-corrected chi connectivity index (χ2v) is 5.97. The summed E-state index contributed by atoms with van der Waals surface area (Å²) >= 11 is 1.15. The van der Waals surface area contributed by atoms with Crippen LogP contribution in [0.2, 0.25) is 0 Å². The first kappa shape index (κ1) is 17.1. The Balaban J connectivity index is 2.05. The molecule has 23 heavy (non-hydrogen) atoms. The van der Waals surface area contributed by atoms with Crippen LogP contribution >= 0.6 is 11.3 Å². The van der Waals surface area contributed by atoms with Crippen molar-refractivity contribution < 1.29 is 19.1 Å². The average Bonchev–Trinajstić information content (AvgIpc) is 2.88. The SMILES string of the molecule is Cc1cc(NC(=O)c2cccc(F)c2)sc1C(=O)NCCCO. The number of aliphatic hydroxyl groups excluding tert-OH is 1. The van der Waals surface area contributed by atoms with E-state index < -0.39 is 11.7 Å². The molecule has 1 aromatic heterocycles. The average molecular weight is 336 g/mol. The quantitative estimate of drug-likeness (QED) is 0.710. The van der Waals surface area contributed by atoms with E-state index >= 15 is 0 Å². The second kappa shape index (κ2) is 7.85. The third-order valence-corrected chi connectivity index (χ3v) is 4.22. The van der Waals surface area contributed by atoms with Gasteiger partial charge in [-0.15, -0.1) is 11.3 Å². The fourth-order valence-corrected chi connectivity index (χ4v) is 2.93. The Morgan fingerprint density at radius 2 is 2.04 bits per heavy atom. The van der Waals surface area contributed by atoms with Crippen molar-refractivity contribution in [3.63, 3.8) is 0 Å². The third kappa shape index (κ3) is 4.61. The highest BCUT2D eigenvalue weighted by Gasteiger charge is 2.15. The van der Waals surface area contributed by atoms with Crippen molar-refractivity contribution in [2.75, 3.05) is 18.5 Å². The topological polar surface area (TPSA) is 78.4 Å². The molecule has 3 N–H and O–H groups in total. The fourth-order valence-electron chi connectivity index (χ4n) is 1.94. The largest absolute Gasteiger partial charge is 0.396 e. The molecular weight excluding hydrogens is 319 g/mol. The molecule has 0 fully saturated rings. The highest BCUT2D eigenvalue weighted by molar-refractivity contribution is 7.18. The van der Waals surface area contributed by atoms with Gasteiger partial charge in [0.1, 0.15) is 5.82 Å². The zero-order valence-electron chi connectivity index (χ0n) is 12.6. The predicted octanol–water partition coefficient (Wildman–Crippen LogP) is 2.56.